The maximum atomic E-state index is 11.4. The van der Waals surface area contributed by atoms with Crippen LogP contribution in [0, 0.1) is 0 Å². The van der Waals surface area contributed by atoms with Crippen molar-refractivity contribution in [1.82, 2.24) is 0 Å². The monoisotopic (exact) mass is 256 g/mol. The van der Waals surface area contributed by atoms with Crippen molar-refractivity contribution in [2.24, 2.45) is 5.73 Å². The zero-order valence-electron chi connectivity index (χ0n) is 10.8. The summed E-state index contributed by atoms with van der Waals surface area (Å²) < 4.78 is 24.0. The molecule has 5 heteroatoms. The van der Waals surface area contributed by atoms with E-state index in [1.807, 2.05) is 26.0 Å². The third kappa shape index (κ3) is 4.36. The van der Waals surface area contributed by atoms with E-state index >= 15 is 0 Å². The smallest absolute Gasteiger partial charge is 0.231 e. The summed E-state index contributed by atoms with van der Waals surface area (Å²) in [7, 11) is -1.66. The van der Waals surface area contributed by atoms with Gasteiger partial charge in [-0.15, -0.1) is 0 Å². The topological polar surface area (TPSA) is 63.4 Å². The highest BCUT2D eigenvalue weighted by molar-refractivity contribution is 7.92. The summed E-state index contributed by atoms with van der Waals surface area (Å²) in [6.07, 6.45) is 1.94. The maximum Gasteiger partial charge on any atom is 0.231 e. The normalized spacial score (nSPS) is 12.5. The Morgan fingerprint density at radius 2 is 1.71 bits per heavy atom. The molecule has 0 radical (unpaired) electrons. The van der Waals surface area contributed by atoms with E-state index in [1.54, 1.807) is 12.1 Å². The zero-order chi connectivity index (χ0) is 13.3. The van der Waals surface area contributed by atoms with Gasteiger partial charge in [0.15, 0.2) is 0 Å². The predicted octanol–water partition coefficient (Wildman–Crippen LogP) is 1.36. The van der Waals surface area contributed by atoms with Crippen LogP contribution in [-0.4, -0.2) is 27.3 Å². The van der Waals surface area contributed by atoms with Crippen LogP contribution >= 0.6 is 0 Å². The van der Waals surface area contributed by atoms with Crippen molar-refractivity contribution in [2.45, 2.75) is 25.8 Å². The SMILES string of the molecule is CN(c1ccc(CC(C)(C)N)cc1)S(C)(=O)=O. The Morgan fingerprint density at radius 3 is 2.06 bits per heavy atom. The highest BCUT2D eigenvalue weighted by atomic mass is 32.2. The lowest BCUT2D eigenvalue weighted by atomic mass is 9.96. The molecule has 17 heavy (non-hydrogen) atoms. The minimum Gasteiger partial charge on any atom is -0.325 e. The Labute approximate surface area is 103 Å². The van der Waals surface area contributed by atoms with Crippen molar-refractivity contribution in [3.8, 4) is 0 Å². The van der Waals surface area contributed by atoms with Crippen molar-refractivity contribution in [2.75, 3.05) is 17.6 Å². The maximum absolute atomic E-state index is 11.4. The molecule has 0 aliphatic carbocycles. The molecular formula is C12H20N2O2S. The second kappa shape index (κ2) is 4.66. The predicted molar refractivity (Wildman–Crippen MR) is 71.7 cm³/mol. The van der Waals surface area contributed by atoms with E-state index in [4.69, 9.17) is 5.73 Å². The number of nitrogens with zero attached hydrogens (tertiary/aromatic N) is 1. The fourth-order valence-electron chi connectivity index (χ4n) is 1.54. The van der Waals surface area contributed by atoms with Crippen LogP contribution in [0.2, 0.25) is 0 Å². The lowest BCUT2D eigenvalue weighted by Crippen LogP contribution is -2.34. The van der Waals surface area contributed by atoms with Crippen LogP contribution in [0.5, 0.6) is 0 Å². The number of rotatable bonds is 4. The third-order valence-electron chi connectivity index (χ3n) is 2.46. The second-order valence-corrected chi connectivity index (χ2v) is 7.08. The van der Waals surface area contributed by atoms with Crippen molar-refractivity contribution >= 4 is 15.7 Å². The van der Waals surface area contributed by atoms with Gasteiger partial charge in [-0.2, -0.15) is 0 Å². The first-order chi connectivity index (χ1) is 7.59. The number of anilines is 1. The molecule has 0 saturated heterocycles. The third-order valence-corrected chi connectivity index (χ3v) is 3.66. The molecule has 0 aromatic heterocycles. The van der Waals surface area contributed by atoms with Crippen LogP contribution in [0.4, 0.5) is 5.69 Å². The largest absolute Gasteiger partial charge is 0.325 e. The summed E-state index contributed by atoms with van der Waals surface area (Å²) in [6, 6.07) is 7.40. The summed E-state index contributed by atoms with van der Waals surface area (Å²) in [4.78, 5) is 0. The lowest BCUT2D eigenvalue weighted by Gasteiger charge is -2.20. The molecule has 0 amide bonds. The molecule has 1 aromatic carbocycles. The van der Waals surface area contributed by atoms with E-state index in [2.05, 4.69) is 0 Å². The van der Waals surface area contributed by atoms with E-state index in [0.717, 1.165) is 12.0 Å². The van der Waals surface area contributed by atoms with Crippen molar-refractivity contribution < 1.29 is 8.42 Å². The van der Waals surface area contributed by atoms with E-state index in [9.17, 15) is 8.42 Å². The number of nitrogens with two attached hydrogens (primary N) is 1. The summed E-state index contributed by atoms with van der Waals surface area (Å²) in [5.74, 6) is 0. The lowest BCUT2D eigenvalue weighted by molar-refractivity contribution is 0.517. The molecule has 0 heterocycles. The van der Waals surface area contributed by atoms with Crippen molar-refractivity contribution in [1.29, 1.82) is 0 Å². The minimum absolute atomic E-state index is 0.260. The van der Waals surface area contributed by atoms with E-state index in [-0.39, 0.29) is 5.54 Å². The number of hydrogen-bond acceptors (Lipinski definition) is 3. The van der Waals surface area contributed by atoms with Gasteiger partial charge in [0.1, 0.15) is 0 Å². The van der Waals surface area contributed by atoms with Gasteiger partial charge in [0.05, 0.1) is 11.9 Å². The Bertz CT molecular complexity index is 472. The fourth-order valence-corrected chi connectivity index (χ4v) is 2.05. The molecule has 0 unspecified atom stereocenters. The quantitative estimate of drug-likeness (QED) is 0.884. The summed E-state index contributed by atoms with van der Waals surface area (Å²) >= 11 is 0. The highest BCUT2D eigenvalue weighted by Crippen LogP contribution is 2.18. The molecule has 2 N–H and O–H groups in total. The first kappa shape index (κ1) is 14.0. The first-order valence-electron chi connectivity index (χ1n) is 5.41. The highest BCUT2D eigenvalue weighted by Gasteiger charge is 2.14. The van der Waals surface area contributed by atoms with Gasteiger partial charge >= 0.3 is 0 Å². The Hall–Kier alpha value is -1.07. The Morgan fingerprint density at radius 1 is 1.24 bits per heavy atom. The van der Waals surface area contributed by atoms with Crippen LogP contribution in [0.15, 0.2) is 24.3 Å². The summed E-state index contributed by atoms with van der Waals surface area (Å²) in [5, 5.41) is 0. The molecule has 0 atom stereocenters. The summed E-state index contributed by atoms with van der Waals surface area (Å²) in [5.41, 5.74) is 7.43. The van der Waals surface area contributed by atoms with Crippen LogP contribution in [-0.2, 0) is 16.4 Å². The van der Waals surface area contributed by atoms with Crippen LogP contribution in [0.3, 0.4) is 0 Å². The molecule has 1 rings (SSSR count). The molecular weight excluding hydrogens is 236 g/mol. The van der Waals surface area contributed by atoms with E-state index in [1.165, 1.54) is 17.6 Å². The molecule has 4 nitrogen and oxygen atoms in total. The minimum atomic E-state index is -3.20. The average molecular weight is 256 g/mol. The number of hydrogen-bond donors (Lipinski definition) is 1. The van der Waals surface area contributed by atoms with Gasteiger partial charge in [0, 0.05) is 12.6 Å². The number of sulfonamides is 1. The molecule has 0 aliphatic heterocycles. The Kier molecular flexibility index (Phi) is 3.84. The molecule has 0 aliphatic rings. The fraction of sp³-hybridized carbons (Fsp3) is 0.500. The Balaban J connectivity index is 2.89. The first-order valence-corrected chi connectivity index (χ1v) is 7.26. The van der Waals surface area contributed by atoms with Crippen LogP contribution in [0.1, 0.15) is 19.4 Å². The van der Waals surface area contributed by atoms with Gasteiger partial charge in [-0.1, -0.05) is 12.1 Å². The van der Waals surface area contributed by atoms with Gasteiger partial charge in [-0.3, -0.25) is 4.31 Å². The standard InChI is InChI=1S/C12H20N2O2S/c1-12(2,13)9-10-5-7-11(8-6-10)14(3)17(4,15)16/h5-8H,9,13H2,1-4H3. The second-order valence-electron chi connectivity index (χ2n) is 5.06. The molecule has 1 aromatic rings. The summed E-state index contributed by atoms with van der Waals surface area (Å²) in [6.45, 7) is 3.92. The zero-order valence-corrected chi connectivity index (χ0v) is 11.6. The molecule has 0 fully saturated rings. The van der Waals surface area contributed by atoms with Crippen molar-refractivity contribution in [3.63, 3.8) is 0 Å². The molecule has 96 valence electrons. The van der Waals surface area contributed by atoms with Gasteiger partial charge in [-0.25, -0.2) is 8.42 Å². The van der Waals surface area contributed by atoms with Gasteiger partial charge in [0.2, 0.25) is 10.0 Å². The van der Waals surface area contributed by atoms with Crippen molar-refractivity contribution in [3.05, 3.63) is 29.8 Å². The van der Waals surface area contributed by atoms with Crippen LogP contribution in [0.25, 0.3) is 0 Å². The van der Waals surface area contributed by atoms with Gasteiger partial charge in [-0.05, 0) is 38.0 Å². The molecule has 0 spiro atoms. The number of benzene rings is 1. The molecule has 0 bridgehead atoms. The van der Waals surface area contributed by atoms with E-state index in [0.29, 0.717) is 5.69 Å². The molecule has 0 saturated carbocycles. The van der Waals surface area contributed by atoms with Gasteiger partial charge in [0.25, 0.3) is 0 Å². The average Bonchev–Trinajstić information content (AvgIpc) is 2.14. The van der Waals surface area contributed by atoms with Gasteiger partial charge < -0.3 is 5.73 Å². The van der Waals surface area contributed by atoms with Crippen LogP contribution < -0.4 is 10.0 Å². The van der Waals surface area contributed by atoms with E-state index < -0.39 is 10.0 Å².